The van der Waals surface area contributed by atoms with Crippen LogP contribution in [0.1, 0.15) is 13.8 Å². The Hall–Kier alpha value is -5.71. The van der Waals surface area contributed by atoms with Crippen LogP contribution in [0, 0.1) is 0 Å². The number of ether oxygens (including phenoxy) is 6. The summed E-state index contributed by atoms with van der Waals surface area (Å²) in [5.74, 6) is 0.855. The Kier molecular flexibility index (Phi) is 7.00. The minimum absolute atomic E-state index is 0.101. The van der Waals surface area contributed by atoms with Crippen molar-refractivity contribution < 1.29 is 42.4 Å². The number of hydrogen-bond donors (Lipinski definition) is 0. The molecule has 0 spiro atoms. The summed E-state index contributed by atoms with van der Waals surface area (Å²) in [5, 5.41) is 2.61. The quantitative estimate of drug-likeness (QED) is 0.125. The highest BCUT2D eigenvalue weighted by molar-refractivity contribution is 6.22. The number of nitrogens with zero attached hydrogens (tertiary/aromatic N) is 1. The van der Waals surface area contributed by atoms with E-state index in [-0.39, 0.29) is 28.3 Å². The second kappa shape index (κ2) is 10.8. The fourth-order valence-corrected chi connectivity index (χ4v) is 5.57. The molecule has 0 amide bonds. The number of esters is 2. The Bertz CT molecular complexity index is 2210. The van der Waals surface area contributed by atoms with Crippen molar-refractivity contribution in [1.29, 1.82) is 0 Å². The molecule has 0 radical (unpaired) electrons. The van der Waals surface area contributed by atoms with Gasteiger partial charge in [0.2, 0.25) is 0 Å². The molecule has 44 heavy (non-hydrogen) atoms. The third-order valence-electron chi connectivity index (χ3n) is 7.31. The summed E-state index contributed by atoms with van der Waals surface area (Å²) in [5.41, 5.74) is 1.71. The molecule has 11 heteroatoms. The Labute approximate surface area is 250 Å². The molecule has 0 aliphatic heterocycles. The van der Waals surface area contributed by atoms with E-state index in [0.29, 0.717) is 44.7 Å². The average molecular weight is 598 g/mol. The van der Waals surface area contributed by atoms with Gasteiger partial charge in [-0.15, -0.1) is 0 Å². The number of pyridine rings is 1. The van der Waals surface area contributed by atoms with Crippen LogP contribution in [-0.4, -0.2) is 44.8 Å². The summed E-state index contributed by atoms with van der Waals surface area (Å²) in [6, 6.07) is 13.8. The molecule has 0 bridgehead atoms. The third kappa shape index (κ3) is 4.49. The first kappa shape index (κ1) is 28.4. The van der Waals surface area contributed by atoms with Crippen molar-refractivity contribution in [2.45, 2.75) is 13.8 Å². The molecule has 0 atom stereocenters. The van der Waals surface area contributed by atoms with Crippen LogP contribution in [0.2, 0.25) is 0 Å². The lowest BCUT2D eigenvalue weighted by Crippen LogP contribution is -2.05. The summed E-state index contributed by atoms with van der Waals surface area (Å²) in [7, 11) is 6.03. The van der Waals surface area contributed by atoms with Gasteiger partial charge in [0, 0.05) is 47.8 Å². The van der Waals surface area contributed by atoms with Crippen molar-refractivity contribution in [1.82, 2.24) is 4.40 Å². The van der Waals surface area contributed by atoms with Gasteiger partial charge in [0.25, 0.3) is 0 Å². The van der Waals surface area contributed by atoms with Gasteiger partial charge in [-0.1, -0.05) is 6.07 Å². The van der Waals surface area contributed by atoms with E-state index in [1.165, 1.54) is 34.1 Å². The summed E-state index contributed by atoms with van der Waals surface area (Å²) in [6.45, 7) is 2.56. The molecule has 0 aliphatic carbocycles. The number of rotatable bonds is 7. The second-order valence-corrected chi connectivity index (χ2v) is 9.87. The number of carbonyl (C=O) groups is 2. The molecule has 11 nitrogen and oxygen atoms in total. The van der Waals surface area contributed by atoms with Gasteiger partial charge in [0.1, 0.15) is 11.1 Å². The molecule has 0 saturated heterocycles. The topological polar surface area (TPSA) is 124 Å². The highest BCUT2D eigenvalue weighted by Gasteiger charge is 2.25. The van der Waals surface area contributed by atoms with E-state index in [0.717, 1.165) is 10.8 Å². The van der Waals surface area contributed by atoms with Gasteiger partial charge in [0.05, 0.1) is 34.0 Å². The Morgan fingerprint density at radius 1 is 0.659 bits per heavy atom. The van der Waals surface area contributed by atoms with E-state index in [9.17, 15) is 14.4 Å². The monoisotopic (exact) mass is 597 g/mol. The molecule has 0 saturated carbocycles. The van der Waals surface area contributed by atoms with Crippen LogP contribution in [0.3, 0.4) is 0 Å². The van der Waals surface area contributed by atoms with Crippen LogP contribution in [0.4, 0.5) is 0 Å². The molecule has 3 heterocycles. The van der Waals surface area contributed by atoms with Crippen molar-refractivity contribution >= 4 is 50.1 Å². The summed E-state index contributed by atoms with van der Waals surface area (Å²) in [4.78, 5) is 37.5. The second-order valence-electron chi connectivity index (χ2n) is 9.87. The largest absolute Gasteiger partial charge is 0.493 e. The maximum absolute atomic E-state index is 13.8. The number of fused-ring (bicyclic) bond motifs is 7. The first-order chi connectivity index (χ1) is 21.2. The first-order valence-electron chi connectivity index (χ1n) is 13.4. The molecular formula is C33H27NO10. The molecule has 3 aromatic heterocycles. The van der Waals surface area contributed by atoms with Gasteiger partial charge in [-0.25, -0.2) is 4.79 Å². The van der Waals surface area contributed by atoms with Crippen LogP contribution >= 0.6 is 0 Å². The molecule has 0 N–H and O–H groups in total. The molecular weight excluding hydrogens is 570 g/mol. The molecule has 6 aromatic rings. The summed E-state index contributed by atoms with van der Waals surface area (Å²) < 4.78 is 40.6. The lowest BCUT2D eigenvalue weighted by molar-refractivity contribution is -0.132. The number of benzene rings is 3. The average Bonchev–Trinajstić information content (AvgIpc) is 3.36. The van der Waals surface area contributed by atoms with E-state index in [1.807, 2.05) is 24.3 Å². The standard InChI is InChI=1S/C33H27NO10/c1-16(35)42-27-12-19(7-8-22(27)38-3)29-30-21-14-26(41-6)28(43-17(2)36)15-23(21)44-33(37)32(30)34-10-9-18-11-24(39-4)25(40-5)13-20(18)31(29)34/h7-15H,1-6H3. The van der Waals surface area contributed by atoms with Crippen molar-refractivity contribution in [3.8, 4) is 45.6 Å². The Morgan fingerprint density at radius 2 is 1.25 bits per heavy atom. The van der Waals surface area contributed by atoms with Crippen LogP contribution < -0.4 is 34.0 Å². The van der Waals surface area contributed by atoms with E-state index in [1.54, 1.807) is 43.0 Å². The molecule has 0 unspecified atom stereocenters. The molecule has 3 aromatic carbocycles. The third-order valence-corrected chi connectivity index (χ3v) is 7.31. The van der Waals surface area contributed by atoms with Crippen molar-refractivity contribution in [3.63, 3.8) is 0 Å². The van der Waals surface area contributed by atoms with Gasteiger partial charge in [0.15, 0.2) is 34.5 Å². The fraction of sp³-hybridized carbons (Fsp3) is 0.182. The smallest absolute Gasteiger partial charge is 0.361 e. The van der Waals surface area contributed by atoms with Crippen LogP contribution in [0.5, 0.6) is 34.5 Å². The van der Waals surface area contributed by atoms with Gasteiger partial charge >= 0.3 is 17.6 Å². The Balaban J connectivity index is 1.86. The molecule has 0 aliphatic rings. The van der Waals surface area contributed by atoms with E-state index >= 15 is 0 Å². The zero-order valence-corrected chi connectivity index (χ0v) is 24.7. The predicted molar refractivity (Wildman–Crippen MR) is 163 cm³/mol. The number of methoxy groups -OCH3 is 4. The zero-order valence-electron chi connectivity index (χ0n) is 24.7. The van der Waals surface area contributed by atoms with Gasteiger partial charge < -0.3 is 37.2 Å². The number of hydrogen-bond acceptors (Lipinski definition) is 10. The van der Waals surface area contributed by atoms with E-state index in [2.05, 4.69) is 0 Å². The number of carbonyl (C=O) groups excluding carboxylic acids is 2. The minimum Gasteiger partial charge on any atom is -0.493 e. The predicted octanol–water partition coefficient (Wildman–Crippen LogP) is 5.90. The summed E-state index contributed by atoms with van der Waals surface area (Å²) in [6.07, 6.45) is 1.78. The van der Waals surface area contributed by atoms with E-state index in [4.69, 9.17) is 32.8 Å². The normalized spacial score (nSPS) is 11.2. The SMILES string of the molecule is COc1cc2ccn3c(c(-c4ccc(OC)c(OC(C)=O)c4)c4c5cc(OC)c(OC(C)=O)cc5oc(=O)c43)c2cc1OC. The minimum atomic E-state index is -0.624. The summed E-state index contributed by atoms with van der Waals surface area (Å²) >= 11 is 0. The van der Waals surface area contributed by atoms with Gasteiger partial charge in [-0.05, 0) is 47.3 Å². The maximum atomic E-state index is 13.8. The van der Waals surface area contributed by atoms with Gasteiger partial charge in [-0.3, -0.25) is 9.59 Å². The molecule has 0 fully saturated rings. The number of aromatic nitrogens is 1. The highest BCUT2D eigenvalue weighted by Crippen LogP contribution is 2.46. The molecule has 6 rings (SSSR count). The van der Waals surface area contributed by atoms with Crippen molar-refractivity contribution in [3.05, 3.63) is 65.1 Å². The highest BCUT2D eigenvalue weighted by atomic mass is 16.6. The molecule has 224 valence electrons. The van der Waals surface area contributed by atoms with Crippen LogP contribution in [0.25, 0.3) is 49.3 Å². The van der Waals surface area contributed by atoms with Crippen molar-refractivity contribution in [2.24, 2.45) is 0 Å². The lowest BCUT2D eigenvalue weighted by atomic mass is 9.98. The lowest BCUT2D eigenvalue weighted by Gasteiger charge is -2.13. The van der Waals surface area contributed by atoms with E-state index < -0.39 is 17.6 Å². The Morgan fingerprint density at radius 3 is 1.89 bits per heavy atom. The van der Waals surface area contributed by atoms with Crippen molar-refractivity contribution in [2.75, 3.05) is 28.4 Å². The van der Waals surface area contributed by atoms with Crippen LogP contribution in [-0.2, 0) is 9.59 Å². The zero-order chi connectivity index (χ0) is 31.3. The van der Waals surface area contributed by atoms with Gasteiger partial charge in [-0.2, -0.15) is 0 Å². The first-order valence-corrected chi connectivity index (χ1v) is 13.4. The fourth-order valence-electron chi connectivity index (χ4n) is 5.57. The maximum Gasteiger partial charge on any atom is 0.361 e. The van der Waals surface area contributed by atoms with Crippen LogP contribution in [0.15, 0.2) is 63.9 Å².